The van der Waals surface area contributed by atoms with Crippen molar-refractivity contribution in [3.63, 3.8) is 0 Å². The van der Waals surface area contributed by atoms with Gasteiger partial charge in [-0.15, -0.1) is 0 Å². The first kappa shape index (κ1) is 19.0. The average Bonchev–Trinajstić information content (AvgIpc) is 3.28. The van der Waals surface area contributed by atoms with Crippen molar-refractivity contribution in [2.24, 2.45) is 0 Å². The molecular weight excluding hydrogens is 360 g/mol. The summed E-state index contributed by atoms with van der Waals surface area (Å²) in [6.07, 6.45) is 16.9. The normalized spacial score (nSPS) is 21.2. The molecule has 0 atom stereocenters. The maximum Gasteiger partial charge on any atom is 0.213 e. The zero-order valence-electron chi connectivity index (χ0n) is 17.4. The van der Waals surface area contributed by atoms with Gasteiger partial charge in [-0.25, -0.2) is 15.0 Å². The second-order valence-corrected chi connectivity index (χ2v) is 9.02. The lowest BCUT2D eigenvalue weighted by Gasteiger charge is -2.29. The van der Waals surface area contributed by atoms with Crippen molar-refractivity contribution >= 4 is 0 Å². The van der Waals surface area contributed by atoms with E-state index < -0.39 is 0 Å². The highest BCUT2D eigenvalue weighted by atomic mass is 16.5. The van der Waals surface area contributed by atoms with Crippen molar-refractivity contribution in [2.45, 2.75) is 89.3 Å². The summed E-state index contributed by atoms with van der Waals surface area (Å²) in [7, 11) is 0. The molecule has 0 N–H and O–H groups in total. The predicted molar refractivity (Wildman–Crippen MR) is 113 cm³/mol. The smallest absolute Gasteiger partial charge is 0.213 e. The largest absolute Gasteiger partial charge is 0.474 e. The Bertz CT molecular complexity index is 810. The highest BCUT2D eigenvalue weighted by Gasteiger charge is 2.23. The Kier molecular flexibility index (Phi) is 5.75. The van der Waals surface area contributed by atoms with Gasteiger partial charge >= 0.3 is 0 Å². The number of fused-ring (bicyclic) bond motifs is 1. The summed E-state index contributed by atoms with van der Waals surface area (Å²) in [6, 6.07) is 4.20. The molecule has 2 fully saturated rings. The number of aromatic nitrogens is 3. The molecule has 5 nitrogen and oxygen atoms in total. The molecule has 0 bridgehead atoms. The zero-order chi connectivity index (χ0) is 19.5. The van der Waals surface area contributed by atoms with E-state index in [0.717, 1.165) is 37.8 Å². The quantitative estimate of drug-likeness (QED) is 0.732. The van der Waals surface area contributed by atoms with Crippen LogP contribution in [0.3, 0.4) is 0 Å². The number of nitrogens with zero attached hydrogens (tertiary/aromatic N) is 4. The lowest BCUT2D eigenvalue weighted by atomic mass is 9.88. The van der Waals surface area contributed by atoms with Crippen LogP contribution in [0.25, 0.3) is 0 Å². The molecule has 2 saturated carbocycles. The van der Waals surface area contributed by atoms with Crippen molar-refractivity contribution in [3.8, 4) is 5.88 Å². The molecule has 2 aromatic heterocycles. The number of hydrogen-bond donors (Lipinski definition) is 0. The summed E-state index contributed by atoms with van der Waals surface area (Å²) >= 11 is 0. The minimum atomic E-state index is 0.366. The SMILES string of the molecule is c1cc(OC2CCCC2)ncc1CN1CCc2nc(C3CCCCC3)ncc2C1. The molecule has 0 radical (unpaired) electrons. The standard InChI is InChI=1S/C24H32N4O/c1-2-6-19(7-3-1)24-26-15-20-17-28(13-12-22(20)27-24)16-18-10-11-23(25-14-18)29-21-8-4-5-9-21/h10-11,14-15,19,21H,1-9,12-13,16-17H2. The predicted octanol–water partition coefficient (Wildman–Crippen LogP) is 4.80. The lowest BCUT2D eigenvalue weighted by molar-refractivity contribution is 0.201. The molecule has 0 aromatic carbocycles. The molecule has 3 heterocycles. The maximum atomic E-state index is 5.99. The first-order valence-corrected chi connectivity index (χ1v) is 11.5. The fraction of sp³-hybridized carbons (Fsp3) is 0.625. The number of rotatable bonds is 5. The number of hydrogen-bond acceptors (Lipinski definition) is 5. The Morgan fingerprint density at radius 3 is 2.55 bits per heavy atom. The highest BCUT2D eigenvalue weighted by Crippen LogP contribution is 2.31. The third kappa shape index (κ3) is 4.61. The Morgan fingerprint density at radius 1 is 0.931 bits per heavy atom. The van der Waals surface area contributed by atoms with Gasteiger partial charge in [0.05, 0.1) is 0 Å². The first-order chi connectivity index (χ1) is 14.3. The van der Waals surface area contributed by atoms with Crippen molar-refractivity contribution in [2.75, 3.05) is 6.54 Å². The Hall–Kier alpha value is -2.01. The summed E-state index contributed by atoms with van der Waals surface area (Å²) in [5.41, 5.74) is 3.81. The van der Waals surface area contributed by atoms with Crippen LogP contribution >= 0.6 is 0 Å². The fourth-order valence-corrected chi connectivity index (χ4v) is 5.09. The molecule has 0 unspecified atom stereocenters. The highest BCUT2D eigenvalue weighted by molar-refractivity contribution is 5.23. The topological polar surface area (TPSA) is 51.1 Å². The van der Waals surface area contributed by atoms with Crippen LogP contribution in [0.2, 0.25) is 0 Å². The molecule has 2 aromatic rings. The molecule has 0 amide bonds. The van der Waals surface area contributed by atoms with E-state index in [-0.39, 0.29) is 0 Å². The van der Waals surface area contributed by atoms with E-state index in [0.29, 0.717) is 12.0 Å². The summed E-state index contributed by atoms with van der Waals surface area (Å²) in [5.74, 6) is 2.45. The third-order valence-electron chi connectivity index (χ3n) is 6.80. The van der Waals surface area contributed by atoms with Crippen LogP contribution in [0.5, 0.6) is 5.88 Å². The summed E-state index contributed by atoms with van der Waals surface area (Å²) in [5, 5.41) is 0. The van der Waals surface area contributed by atoms with E-state index in [2.05, 4.69) is 22.1 Å². The van der Waals surface area contributed by atoms with Gasteiger partial charge in [-0.1, -0.05) is 25.3 Å². The van der Waals surface area contributed by atoms with Gasteiger partial charge in [0.1, 0.15) is 11.9 Å². The van der Waals surface area contributed by atoms with E-state index in [4.69, 9.17) is 14.7 Å². The van der Waals surface area contributed by atoms with Gasteiger partial charge in [0, 0.05) is 61.7 Å². The van der Waals surface area contributed by atoms with Gasteiger partial charge in [0.25, 0.3) is 0 Å². The van der Waals surface area contributed by atoms with E-state index in [1.807, 2.05) is 12.3 Å². The lowest BCUT2D eigenvalue weighted by Crippen LogP contribution is -2.31. The second kappa shape index (κ2) is 8.78. The number of ether oxygens (including phenoxy) is 1. The van der Waals surface area contributed by atoms with E-state index in [9.17, 15) is 0 Å². The van der Waals surface area contributed by atoms with Gasteiger partial charge in [-0.2, -0.15) is 0 Å². The Morgan fingerprint density at radius 2 is 1.76 bits per heavy atom. The molecule has 2 aliphatic carbocycles. The van der Waals surface area contributed by atoms with Crippen LogP contribution in [-0.2, 0) is 19.5 Å². The van der Waals surface area contributed by atoms with E-state index in [1.54, 1.807) is 0 Å². The van der Waals surface area contributed by atoms with E-state index in [1.165, 1.54) is 74.6 Å². The van der Waals surface area contributed by atoms with Gasteiger partial charge in [0.15, 0.2) is 0 Å². The van der Waals surface area contributed by atoms with Crippen molar-refractivity contribution in [1.82, 2.24) is 19.9 Å². The minimum Gasteiger partial charge on any atom is -0.474 e. The van der Waals surface area contributed by atoms with Crippen molar-refractivity contribution < 1.29 is 4.74 Å². The van der Waals surface area contributed by atoms with Crippen molar-refractivity contribution in [3.05, 3.63) is 47.2 Å². The van der Waals surface area contributed by atoms with Crippen LogP contribution in [-0.4, -0.2) is 32.5 Å². The molecule has 154 valence electrons. The first-order valence-electron chi connectivity index (χ1n) is 11.5. The van der Waals surface area contributed by atoms with Crippen LogP contribution in [0, 0.1) is 0 Å². The van der Waals surface area contributed by atoms with Gasteiger partial charge in [-0.05, 0) is 44.1 Å². The molecule has 5 rings (SSSR count). The molecule has 1 aliphatic heterocycles. The monoisotopic (exact) mass is 392 g/mol. The molecule has 3 aliphatic rings. The third-order valence-corrected chi connectivity index (χ3v) is 6.80. The van der Waals surface area contributed by atoms with Crippen LogP contribution < -0.4 is 4.74 Å². The zero-order valence-corrected chi connectivity index (χ0v) is 17.4. The summed E-state index contributed by atoms with van der Waals surface area (Å²) in [4.78, 5) is 16.7. The molecule has 5 heteroatoms. The van der Waals surface area contributed by atoms with Crippen LogP contribution in [0.1, 0.15) is 86.4 Å². The molecular formula is C24H32N4O. The fourth-order valence-electron chi connectivity index (χ4n) is 5.09. The Labute approximate surface area is 173 Å². The molecule has 0 saturated heterocycles. The van der Waals surface area contributed by atoms with Gasteiger partial charge < -0.3 is 4.74 Å². The minimum absolute atomic E-state index is 0.366. The maximum absolute atomic E-state index is 5.99. The van der Waals surface area contributed by atoms with Gasteiger partial charge in [-0.3, -0.25) is 4.90 Å². The average molecular weight is 393 g/mol. The number of pyridine rings is 1. The van der Waals surface area contributed by atoms with Gasteiger partial charge in [0.2, 0.25) is 5.88 Å². The summed E-state index contributed by atoms with van der Waals surface area (Å²) in [6.45, 7) is 2.90. The van der Waals surface area contributed by atoms with E-state index >= 15 is 0 Å². The van der Waals surface area contributed by atoms with Crippen molar-refractivity contribution in [1.29, 1.82) is 0 Å². The molecule has 0 spiro atoms. The summed E-state index contributed by atoms with van der Waals surface area (Å²) < 4.78 is 5.99. The van der Waals surface area contributed by atoms with Crippen LogP contribution in [0.15, 0.2) is 24.5 Å². The Balaban J connectivity index is 1.18. The second-order valence-electron chi connectivity index (χ2n) is 9.02. The van der Waals surface area contributed by atoms with Crippen LogP contribution in [0.4, 0.5) is 0 Å². The molecule has 29 heavy (non-hydrogen) atoms.